The first-order valence-electron chi connectivity index (χ1n) is 14.9. The normalized spacial score (nSPS) is 21.5. The average molecular weight is 591 g/mol. The number of nitrogens with one attached hydrogen (secondary N) is 1. The Balaban J connectivity index is 1.27. The molecule has 0 aliphatic carbocycles. The second-order valence-electron chi connectivity index (χ2n) is 11.9. The summed E-state index contributed by atoms with van der Waals surface area (Å²) in [5.41, 5.74) is 0.902. The van der Waals surface area contributed by atoms with Gasteiger partial charge >= 0.3 is 6.01 Å². The Morgan fingerprint density at radius 3 is 2.57 bits per heavy atom. The Bertz CT molecular complexity index is 1620. The summed E-state index contributed by atoms with van der Waals surface area (Å²) in [5, 5.41) is 16.5. The van der Waals surface area contributed by atoms with Crippen LogP contribution in [0.25, 0.3) is 32.8 Å². The standard InChI is InChI=1S/C32H36ClFN6O2/c1-38-10-12-39(13-11-38)9-4-14-42-32-36-30-26(31(37-32)40-18-21-7-8-22(19-40)35-21)17-27(33)28(29(30)34)25-16-23(41)15-20-5-2-3-6-24(20)25/h2-3,5-6,15-17,21-22,35,41H,4,7-14,18-19H2,1H3. The van der Waals surface area contributed by atoms with Gasteiger partial charge in [0, 0.05) is 68.8 Å². The van der Waals surface area contributed by atoms with Gasteiger partial charge in [0.25, 0.3) is 0 Å². The first kappa shape index (κ1) is 27.6. The van der Waals surface area contributed by atoms with Crippen molar-refractivity contribution >= 4 is 39.1 Å². The molecular weight excluding hydrogens is 555 g/mol. The third-order valence-electron chi connectivity index (χ3n) is 8.92. The van der Waals surface area contributed by atoms with E-state index in [4.69, 9.17) is 21.3 Å². The maximum atomic E-state index is 16.7. The SMILES string of the molecule is CN1CCN(CCCOc2nc(N3CC4CCC(C3)N4)c3cc(Cl)c(-c4cc(O)cc5ccccc45)c(F)c3n2)CC1. The molecule has 0 radical (unpaired) electrons. The van der Waals surface area contributed by atoms with Gasteiger partial charge in [-0.25, -0.2) is 4.39 Å². The third-order valence-corrected chi connectivity index (χ3v) is 9.22. The van der Waals surface area contributed by atoms with Gasteiger partial charge in [-0.05, 0) is 60.8 Å². The molecule has 220 valence electrons. The first-order valence-corrected chi connectivity index (χ1v) is 15.3. The Morgan fingerprint density at radius 2 is 1.79 bits per heavy atom. The number of nitrogens with zero attached hydrogens (tertiary/aromatic N) is 5. The van der Waals surface area contributed by atoms with Crippen molar-refractivity contribution in [2.24, 2.45) is 0 Å². The monoisotopic (exact) mass is 590 g/mol. The van der Waals surface area contributed by atoms with Gasteiger partial charge in [0.05, 0.1) is 11.6 Å². The number of aromatic nitrogens is 2. The molecule has 42 heavy (non-hydrogen) atoms. The van der Waals surface area contributed by atoms with Crippen molar-refractivity contribution in [3.8, 4) is 22.9 Å². The molecule has 0 saturated carbocycles. The van der Waals surface area contributed by atoms with Crippen molar-refractivity contribution in [1.82, 2.24) is 25.1 Å². The second-order valence-corrected chi connectivity index (χ2v) is 12.3. The molecule has 2 atom stereocenters. The molecule has 4 aromatic rings. The van der Waals surface area contributed by atoms with E-state index in [2.05, 4.69) is 32.0 Å². The van der Waals surface area contributed by atoms with Crippen LogP contribution in [-0.2, 0) is 0 Å². The summed E-state index contributed by atoms with van der Waals surface area (Å²) in [6.45, 7) is 7.20. The van der Waals surface area contributed by atoms with Gasteiger partial charge in [0.1, 0.15) is 17.1 Å². The topological polar surface area (TPSA) is 77.0 Å². The van der Waals surface area contributed by atoms with Crippen LogP contribution in [0.2, 0.25) is 5.02 Å². The van der Waals surface area contributed by atoms with Crippen molar-refractivity contribution in [3.05, 3.63) is 53.3 Å². The zero-order chi connectivity index (χ0) is 28.8. The van der Waals surface area contributed by atoms with Gasteiger partial charge in [0.15, 0.2) is 5.82 Å². The van der Waals surface area contributed by atoms with Gasteiger partial charge in [-0.15, -0.1) is 0 Å². The zero-order valence-corrected chi connectivity index (χ0v) is 24.6. The fraction of sp³-hybridized carbons (Fsp3) is 0.438. The maximum Gasteiger partial charge on any atom is 0.319 e. The fourth-order valence-electron chi connectivity index (χ4n) is 6.71. The van der Waals surface area contributed by atoms with Crippen LogP contribution in [0.15, 0.2) is 42.5 Å². The molecule has 2 bridgehead atoms. The predicted octanol–water partition coefficient (Wildman–Crippen LogP) is 4.91. The Hall–Kier alpha value is -3.24. The highest BCUT2D eigenvalue weighted by Gasteiger charge is 2.34. The van der Waals surface area contributed by atoms with Gasteiger partial charge in [-0.1, -0.05) is 35.9 Å². The smallest absolute Gasteiger partial charge is 0.319 e. The third kappa shape index (κ3) is 5.35. The number of aromatic hydroxyl groups is 1. The number of piperazine rings is 2. The molecule has 3 fully saturated rings. The first-order chi connectivity index (χ1) is 20.4. The molecule has 4 heterocycles. The molecular formula is C32H36ClFN6O2. The van der Waals surface area contributed by atoms with Crippen LogP contribution < -0.4 is 15.0 Å². The Morgan fingerprint density at radius 1 is 1.02 bits per heavy atom. The number of rotatable bonds is 7. The molecule has 3 aromatic carbocycles. The summed E-state index contributed by atoms with van der Waals surface area (Å²) < 4.78 is 22.8. The number of phenolic OH excluding ortho intramolecular Hbond substituents is 1. The van der Waals surface area contributed by atoms with Crippen molar-refractivity contribution in [2.75, 3.05) is 64.4 Å². The lowest BCUT2D eigenvalue weighted by Gasteiger charge is -2.34. The van der Waals surface area contributed by atoms with E-state index in [9.17, 15) is 5.11 Å². The summed E-state index contributed by atoms with van der Waals surface area (Å²) in [6, 6.07) is 13.5. The lowest BCUT2D eigenvalue weighted by atomic mass is 9.96. The molecule has 2 unspecified atom stereocenters. The van der Waals surface area contributed by atoms with Crippen LogP contribution in [0.4, 0.5) is 10.2 Å². The van der Waals surface area contributed by atoms with Crippen LogP contribution >= 0.6 is 11.6 Å². The second kappa shape index (κ2) is 11.4. The minimum Gasteiger partial charge on any atom is -0.508 e. The highest BCUT2D eigenvalue weighted by Crippen LogP contribution is 2.42. The summed E-state index contributed by atoms with van der Waals surface area (Å²) >= 11 is 6.85. The number of hydrogen-bond acceptors (Lipinski definition) is 8. The number of likely N-dealkylation sites (N-methyl/N-ethyl adjacent to an activating group) is 1. The van der Waals surface area contributed by atoms with E-state index in [0.29, 0.717) is 35.5 Å². The van der Waals surface area contributed by atoms with Crippen LogP contribution in [0, 0.1) is 5.82 Å². The summed E-state index contributed by atoms with van der Waals surface area (Å²) in [6.07, 6.45) is 3.06. The van der Waals surface area contributed by atoms with Gasteiger partial charge in [-0.2, -0.15) is 9.97 Å². The van der Waals surface area contributed by atoms with Crippen molar-refractivity contribution < 1.29 is 14.2 Å². The highest BCUT2D eigenvalue weighted by atomic mass is 35.5. The molecule has 0 spiro atoms. The molecule has 1 aromatic heterocycles. The number of halogens is 2. The number of ether oxygens (including phenoxy) is 1. The molecule has 10 heteroatoms. The number of fused-ring (bicyclic) bond motifs is 4. The predicted molar refractivity (Wildman–Crippen MR) is 165 cm³/mol. The minimum atomic E-state index is -0.544. The number of phenols is 1. The van der Waals surface area contributed by atoms with Gasteiger partial charge in [0.2, 0.25) is 0 Å². The van der Waals surface area contributed by atoms with E-state index < -0.39 is 5.82 Å². The number of benzene rings is 3. The van der Waals surface area contributed by atoms with Gasteiger partial charge < -0.3 is 29.9 Å². The fourth-order valence-corrected chi connectivity index (χ4v) is 7.00. The Kier molecular flexibility index (Phi) is 7.52. The van der Waals surface area contributed by atoms with E-state index in [1.54, 1.807) is 18.2 Å². The summed E-state index contributed by atoms with van der Waals surface area (Å²) in [7, 11) is 2.15. The molecule has 3 aliphatic heterocycles. The lowest BCUT2D eigenvalue weighted by molar-refractivity contribution is 0.144. The van der Waals surface area contributed by atoms with Crippen LogP contribution in [-0.4, -0.2) is 96.4 Å². The molecule has 7 rings (SSSR count). The van der Waals surface area contributed by atoms with Crippen molar-refractivity contribution in [2.45, 2.75) is 31.3 Å². The molecule has 2 N–H and O–H groups in total. The van der Waals surface area contributed by atoms with E-state index in [1.807, 2.05) is 24.3 Å². The maximum absolute atomic E-state index is 16.7. The van der Waals surface area contributed by atoms with Gasteiger partial charge in [-0.3, -0.25) is 0 Å². The Labute approximate surface area is 250 Å². The highest BCUT2D eigenvalue weighted by molar-refractivity contribution is 6.35. The van der Waals surface area contributed by atoms with Crippen LogP contribution in [0.5, 0.6) is 11.8 Å². The number of hydrogen-bond donors (Lipinski definition) is 2. The molecule has 3 aliphatic rings. The molecule has 3 saturated heterocycles. The number of anilines is 1. The quantitative estimate of drug-likeness (QED) is 0.294. The van der Waals surface area contributed by atoms with Crippen LogP contribution in [0.3, 0.4) is 0 Å². The van der Waals surface area contributed by atoms with Crippen LogP contribution in [0.1, 0.15) is 19.3 Å². The van der Waals surface area contributed by atoms with E-state index in [1.165, 1.54) is 0 Å². The van der Waals surface area contributed by atoms with E-state index in [-0.39, 0.29) is 27.9 Å². The largest absolute Gasteiger partial charge is 0.508 e. The zero-order valence-electron chi connectivity index (χ0n) is 23.8. The van der Waals surface area contributed by atoms with Crippen molar-refractivity contribution in [3.63, 3.8) is 0 Å². The summed E-state index contributed by atoms with van der Waals surface area (Å²) in [4.78, 5) is 16.5. The lowest BCUT2D eigenvalue weighted by Crippen LogP contribution is -2.51. The summed E-state index contributed by atoms with van der Waals surface area (Å²) in [5.74, 6) is 0.154. The van der Waals surface area contributed by atoms with Crippen molar-refractivity contribution in [1.29, 1.82) is 0 Å². The minimum absolute atomic E-state index is 0.0447. The molecule has 8 nitrogen and oxygen atoms in total. The van der Waals surface area contributed by atoms with E-state index >= 15 is 4.39 Å². The average Bonchev–Trinajstić information content (AvgIpc) is 3.33. The molecule has 0 amide bonds. The van der Waals surface area contributed by atoms with E-state index in [0.717, 1.165) is 75.8 Å².